The summed E-state index contributed by atoms with van der Waals surface area (Å²) in [5.41, 5.74) is 6.48. The van der Waals surface area contributed by atoms with Crippen molar-refractivity contribution < 1.29 is 4.74 Å². The molecule has 5 heteroatoms. The van der Waals surface area contributed by atoms with Crippen LogP contribution in [0.25, 0.3) is 0 Å². The number of pyridine rings is 1. The van der Waals surface area contributed by atoms with Gasteiger partial charge in [0, 0.05) is 25.4 Å². The van der Waals surface area contributed by atoms with Gasteiger partial charge in [0.25, 0.3) is 0 Å². The molecule has 0 aliphatic heterocycles. The average molecular weight is 232 g/mol. The van der Waals surface area contributed by atoms with E-state index in [4.69, 9.17) is 10.5 Å². The van der Waals surface area contributed by atoms with Gasteiger partial charge in [0.15, 0.2) is 5.75 Å². The van der Waals surface area contributed by atoms with Gasteiger partial charge in [-0.2, -0.15) is 5.10 Å². The van der Waals surface area contributed by atoms with Gasteiger partial charge in [0.2, 0.25) is 5.88 Å². The second kappa shape index (κ2) is 5.45. The molecule has 0 spiro atoms. The molecule has 0 bridgehead atoms. The minimum Gasteiger partial charge on any atom is -0.436 e. The predicted molar refractivity (Wildman–Crippen MR) is 64.7 cm³/mol. The number of nitrogens with two attached hydrogens (primary N) is 1. The Morgan fingerprint density at radius 2 is 2.24 bits per heavy atom. The zero-order valence-electron chi connectivity index (χ0n) is 9.84. The van der Waals surface area contributed by atoms with Crippen LogP contribution in [0.15, 0.2) is 30.7 Å². The molecule has 0 amide bonds. The first kappa shape index (κ1) is 11.6. The van der Waals surface area contributed by atoms with E-state index in [1.165, 1.54) is 0 Å². The van der Waals surface area contributed by atoms with E-state index in [-0.39, 0.29) is 0 Å². The lowest BCUT2D eigenvalue weighted by atomic mass is 10.3. The van der Waals surface area contributed by atoms with Gasteiger partial charge < -0.3 is 10.5 Å². The Kier molecular flexibility index (Phi) is 3.72. The molecule has 0 radical (unpaired) electrons. The number of rotatable bonds is 5. The van der Waals surface area contributed by atoms with Gasteiger partial charge in [-0.15, -0.1) is 0 Å². The number of nitrogens with zero attached hydrogens (tertiary/aromatic N) is 3. The van der Waals surface area contributed by atoms with E-state index in [1.54, 1.807) is 18.5 Å². The highest BCUT2D eigenvalue weighted by atomic mass is 16.5. The Labute approximate surface area is 100 Å². The molecule has 17 heavy (non-hydrogen) atoms. The molecule has 0 atom stereocenters. The summed E-state index contributed by atoms with van der Waals surface area (Å²) in [7, 11) is 0. The van der Waals surface area contributed by atoms with Crippen molar-refractivity contribution in [3.8, 4) is 11.6 Å². The van der Waals surface area contributed by atoms with E-state index >= 15 is 0 Å². The van der Waals surface area contributed by atoms with E-state index in [9.17, 15) is 0 Å². The number of hydrogen-bond acceptors (Lipinski definition) is 4. The third kappa shape index (κ3) is 3.04. The van der Waals surface area contributed by atoms with Gasteiger partial charge in [-0.3, -0.25) is 4.68 Å². The van der Waals surface area contributed by atoms with Crippen LogP contribution < -0.4 is 10.5 Å². The van der Waals surface area contributed by atoms with Crippen molar-refractivity contribution in [1.29, 1.82) is 0 Å². The Hall–Kier alpha value is -1.88. The summed E-state index contributed by atoms with van der Waals surface area (Å²) in [4.78, 5) is 4.16. The van der Waals surface area contributed by atoms with Crippen molar-refractivity contribution in [3.05, 3.63) is 36.3 Å². The van der Waals surface area contributed by atoms with E-state index in [1.807, 2.05) is 16.9 Å². The minimum atomic E-state index is 0.488. The molecule has 2 aromatic rings. The zero-order chi connectivity index (χ0) is 12.1. The SMILES string of the molecule is CCCn1cc(Oc2ccc(CN)cn2)cn1. The summed E-state index contributed by atoms with van der Waals surface area (Å²) in [5, 5.41) is 4.18. The highest BCUT2D eigenvalue weighted by Crippen LogP contribution is 2.18. The van der Waals surface area contributed by atoms with Crippen molar-refractivity contribution in [1.82, 2.24) is 14.8 Å². The zero-order valence-corrected chi connectivity index (χ0v) is 9.84. The molecule has 0 aromatic carbocycles. The van der Waals surface area contributed by atoms with Crippen molar-refractivity contribution >= 4 is 0 Å². The number of aromatic nitrogens is 3. The molecule has 2 N–H and O–H groups in total. The lowest BCUT2D eigenvalue weighted by Crippen LogP contribution is -1.97. The summed E-state index contributed by atoms with van der Waals surface area (Å²) in [6, 6.07) is 3.71. The highest BCUT2D eigenvalue weighted by Gasteiger charge is 2.01. The van der Waals surface area contributed by atoms with Gasteiger partial charge in [-0.25, -0.2) is 4.98 Å². The van der Waals surface area contributed by atoms with Crippen LogP contribution in [0.2, 0.25) is 0 Å². The summed E-state index contributed by atoms with van der Waals surface area (Å²) in [6.07, 6.45) is 6.31. The van der Waals surface area contributed by atoms with E-state index in [2.05, 4.69) is 17.0 Å². The van der Waals surface area contributed by atoms with Gasteiger partial charge in [0.1, 0.15) is 0 Å². The third-order valence-corrected chi connectivity index (χ3v) is 2.32. The molecular weight excluding hydrogens is 216 g/mol. The summed E-state index contributed by atoms with van der Waals surface area (Å²) >= 11 is 0. The molecule has 2 aromatic heterocycles. The van der Waals surface area contributed by atoms with Crippen molar-refractivity contribution in [2.75, 3.05) is 0 Å². The quantitative estimate of drug-likeness (QED) is 0.855. The second-order valence-electron chi connectivity index (χ2n) is 3.75. The van der Waals surface area contributed by atoms with E-state index in [0.29, 0.717) is 18.2 Å². The van der Waals surface area contributed by atoms with Crippen LogP contribution in [0.3, 0.4) is 0 Å². The molecule has 0 aliphatic rings. The average Bonchev–Trinajstić information content (AvgIpc) is 2.78. The molecule has 0 unspecified atom stereocenters. The van der Waals surface area contributed by atoms with Gasteiger partial charge in [-0.1, -0.05) is 13.0 Å². The molecule has 5 nitrogen and oxygen atoms in total. The molecule has 90 valence electrons. The minimum absolute atomic E-state index is 0.488. The molecule has 0 aliphatic carbocycles. The molecule has 0 saturated heterocycles. The first-order valence-electron chi connectivity index (χ1n) is 5.67. The van der Waals surface area contributed by atoms with Gasteiger partial charge in [0.05, 0.1) is 12.4 Å². The number of ether oxygens (including phenoxy) is 1. The van der Waals surface area contributed by atoms with Crippen LogP contribution in [0, 0.1) is 0 Å². The predicted octanol–water partition coefficient (Wildman–Crippen LogP) is 1.94. The highest BCUT2D eigenvalue weighted by molar-refractivity contribution is 5.23. The summed E-state index contributed by atoms with van der Waals surface area (Å²) in [6.45, 7) is 3.49. The van der Waals surface area contributed by atoms with Crippen LogP contribution in [0.5, 0.6) is 11.6 Å². The van der Waals surface area contributed by atoms with Crippen LogP contribution in [-0.4, -0.2) is 14.8 Å². The monoisotopic (exact) mass is 232 g/mol. The van der Waals surface area contributed by atoms with E-state index in [0.717, 1.165) is 18.5 Å². The maximum Gasteiger partial charge on any atom is 0.219 e. The standard InChI is InChI=1S/C12H16N4O/c1-2-5-16-9-11(8-15-16)17-12-4-3-10(6-13)7-14-12/h3-4,7-9H,2,5-6,13H2,1H3. The topological polar surface area (TPSA) is 66.0 Å². The van der Waals surface area contributed by atoms with Crippen LogP contribution in [-0.2, 0) is 13.1 Å². The van der Waals surface area contributed by atoms with Crippen LogP contribution in [0.4, 0.5) is 0 Å². The lowest BCUT2D eigenvalue weighted by Gasteiger charge is -2.02. The van der Waals surface area contributed by atoms with Crippen LogP contribution in [0.1, 0.15) is 18.9 Å². The normalized spacial score (nSPS) is 10.5. The summed E-state index contributed by atoms with van der Waals surface area (Å²) < 4.78 is 7.42. The molecular formula is C12H16N4O. The Morgan fingerprint density at radius 1 is 1.35 bits per heavy atom. The Bertz CT molecular complexity index is 464. The largest absolute Gasteiger partial charge is 0.436 e. The maximum absolute atomic E-state index is 5.57. The molecule has 2 heterocycles. The van der Waals surface area contributed by atoms with E-state index < -0.39 is 0 Å². The van der Waals surface area contributed by atoms with Crippen LogP contribution >= 0.6 is 0 Å². The first-order valence-corrected chi connectivity index (χ1v) is 5.67. The van der Waals surface area contributed by atoms with Gasteiger partial charge >= 0.3 is 0 Å². The lowest BCUT2D eigenvalue weighted by molar-refractivity contribution is 0.461. The molecule has 0 saturated carbocycles. The molecule has 0 fully saturated rings. The van der Waals surface area contributed by atoms with Gasteiger partial charge in [-0.05, 0) is 12.0 Å². The second-order valence-corrected chi connectivity index (χ2v) is 3.75. The van der Waals surface area contributed by atoms with Crippen molar-refractivity contribution in [2.24, 2.45) is 5.73 Å². The number of aryl methyl sites for hydroxylation is 1. The summed E-state index contributed by atoms with van der Waals surface area (Å²) in [5.74, 6) is 1.25. The smallest absolute Gasteiger partial charge is 0.219 e. The fourth-order valence-corrected chi connectivity index (χ4v) is 1.46. The fourth-order valence-electron chi connectivity index (χ4n) is 1.46. The third-order valence-electron chi connectivity index (χ3n) is 2.32. The maximum atomic E-state index is 5.57. The Morgan fingerprint density at radius 3 is 2.88 bits per heavy atom. The fraction of sp³-hybridized carbons (Fsp3) is 0.333. The van der Waals surface area contributed by atoms with Crippen molar-refractivity contribution in [3.63, 3.8) is 0 Å². The molecule has 2 rings (SSSR count). The van der Waals surface area contributed by atoms with Crippen molar-refractivity contribution in [2.45, 2.75) is 26.4 Å². The number of hydrogen-bond donors (Lipinski definition) is 1. The Balaban J connectivity index is 2.03. The first-order chi connectivity index (χ1) is 8.31.